The van der Waals surface area contributed by atoms with E-state index in [1.165, 1.54) is 0 Å². The van der Waals surface area contributed by atoms with E-state index in [1.807, 2.05) is 38.2 Å². The molecule has 0 amide bonds. The molecule has 1 aromatic heterocycles. The van der Waals surface area contributed by atoms with E-state index >= 15 is 0 Å². The minimum absolute atomic E-state index is 0.312. The van der Waals surface area contributed by atoms with Crippen LogP contribution >= 0.6 is 0 Å². The summed E-state index contributed by atoms with van der Waals surface area (Å²) >= 11 is 0. The summed E-state index contributed by atoms with van der Waals surface area (Å²) in [6.07, 6.45) is 2.12. The van der Waals surface area contributed by atoms with Crippen LogP contribution in [0.25, 0.3) is 0 Å². The molecule has 3 heteroatoms. The highest BCUT2D eigenvalue weighted by Gasteiger charge is 1.94. The second kappa shape index (κ2) is 6.51. The van der Waals surface area contributed by atoms with Gasteiger partial charge in [-0.05, 0) is 26.0 Å². The van der Waals surface area contributed by atoms with Gasteiger partial charge in [-0.2, -0.15) is 0 Å². The Morgan fingerprint density at radius 2 is 2.29 bits per heavy atom. The van der Waals surface area contributed by atoms with Crippen molar-refractivity contribution in [3.05, 3.63) is 30.1 Å². The van der Waals surface area contributed by atoms with Gasteiger partial charge in [0.05, 0.1) is 18.4 Å². The Balaban J connectivity index is 2.05. The first-order chi connectivity index (χ1) is 6.79. The van der Waals surface area contributed by atoms with Gasteiger partial charge in [0.2, 0.25) is 0 Å². The van der Waals surface area contributed by atoms with Crippen LogP contribution < -0.4 is 5.32 Å². The number of pyridine rings is 1. The summed E-state index contributed by atoms with van der Waals surface area (Å²) in [6.45, 7) is 6.51. The Kier molecular flexibility index (Phi) is 5.19. The fraction of sp³-hybridized carbons (Fsp3) is 0.545. The minimum atomic E-state index is 0.312. The first-order valence-electron chi connectivity index (χ1n) is 5.01. The third-order valence-corrected chi connectivity index (χ3v) is 1.76. The van der Waals surface area contributed by atoms with E-state index in [2.05, 4.69) is 10.3 Å². The predicted octanol–water partition coefficient (Wildman–Crippen LogP) is 1.60. The third kappa shape index (κ3) is 4.94. The molecule has 14 heavy (non-hydrogen) atoms. The second-order valence-corrected chi connectivity index (χ2v) is 3.42. The van der Waals surface area contributed by atoms with Crippen LogP contribution in [0.2, 0.25) is 0 Å². The van der Waals surface area contributed by atoms with E-state index in [4.69, 9.17) is 4.74 Å². The molecular formula is C11H18N2O. The van der Waals surface area contributed by atoms with Gasteiger partial charge in [0.1, 0.15) is 0 Å². The number of hydrogen-bond acceptors (Lipinski definition) is 3. The second-order valence-electron chi connectivity index (χ2n) is 3.42. The molecule has 0 aromatic carbocycles. The monoisotopic (exact) mass is 194 g/mol. The lowest BCUT2D eigenvalue weighted by molar-refractivity contribution is 0.0806. The minimum Gasteiger partial charge on any atom is -0.377 e. The molecule has 0 fully saturated rings. The highest BCUT2D eigenvalue weighted by Crippen LogP contribution is 1.91. The molecule has 1 heterocycles. The molecule has 0 bridgehead atoms. The van der Waals surface area contributed by atoms with Crippen LogP contribution in [0.15, 0.2) is 24.4 Å². The average Bonchev–Trinajstić information content (AvgIpc) is 2.18. The van der Waals surface area contributed by atoms with Crippen LogP contribution in [0, 0.1) is 0 Å². The summed E-state index contributed by atoms with van der Waals surface area (Å²) in [5.74, 6) is 0. The van der Waals surface area contributed by atoms with Crippen molar-refractivity contribution >= 4 is 0 Å². The zero-order valence-electron chi connectivity index (χ0n) is 8.86. The maximum atomic E-state index is 5.40. The Hall–Kier alpha value is -0.930. The molecule has 1 N–H and O–H groups in total. The molecule has 0 atom stereocenters. The van der Waals surface area contributed by atoms with Crippen molar-refractivity contribution in [1.29, 1.82) is 0 Å². The van der Waals surface area contributed by atoms with Gasteiger partial charge >= 0.3 is 0 Å². The fourth-order valence-electron chi connectivity index (χ4n) is 1.09. The number of rotatable bonds is 6. The van der Waals surface area contributed by atoms with Crippen LogP contribution in [-0.4, -0.2) is 24.2 Å². The van der Waals surface area contributed by atoms with Crippen molar-refractivity contribution in [2.24, 2.45) is 0 Å². The maximum absolute atomic E-state index is 5.40. The molecule has 0 saturated carbocycles. The number of ether oxygens (including phenoxy) is 1. The Labute approximate surface area is 85.5 Å². The Bertz CT molecular complexity index is 236. The molecule has 1 rings (SSSR count). The SMILES string of the molecule is CC(C)OCCNCc1ccccn1. The molecule has 0 saturated heterocycles. The van der Waals surface area contributed by atoms with Gasteiger partial charge in [0.15, 0.2) is 0 Å². The largest absolute Gasteiger partial charge is 0.377 e. The molecule has 0 aliphatic heterocycles. The number of hydrogen-bond donors (Lipinski definition) is 1. The number of nitrogens with one attached hydrogen (secondary N) is 1. The van der Waals surface area contributed by atoms with E-state index in [0.29, 0.717) is 6.10 Å². The summed E-state index contributed by atoms with van der Waals surface area (Å²) in [4.78, 5) is 4.21. The molecular weight excluding hydrogens is 176 g/mol. The molecule has 0 unspecified atom stereocenters. The highest BCUT2D eigenvalue weighted by molar-refractivity contribution is 5.02. The molecule has 0 aliphatic carbocycles. The summed E-state index contributed by atoms with van der Waals surface area (Å²) in [5, 5.41) is 3.27. The van der Waals surface area contributed by atoms with Gasteiger partial charge in [-0.1, -0.05) is 6.07 Å². The molecule has 0 radical (unpaired) electrons. The van der Waals surface area contributed by atoms with Crippen molar-refractivity contribution in [1.82, 2.24) is 10.3 Å². The van der Waals surface area contributed by atoms with Gasteiger partial charge < -0.3 is 10.1 Å². The van der Waals surface area contributed by atoms with Crippen LogP contribution in [0.4, 0.5) is 0 Å². The van der Waals surface area contributed by atoms with Crippen molar-refractivity contribution in [2.45, 2.75) is 26.5 Å². The van der Waals surface area contributed by atoms with Crippen molar-refractivity contribution < 1.29 is 4.74 Å². The van der Waals surface area contributed by atoms with Gasteiger partial charge in [0, 0.05) is 19.3 Å². The summed E-state index contributed by atoms with van der Waals surface area (Å²) in [6, 6.07) is 5.93. The van der Waals surface area contributed by atoms with E-state index in [0.717, 1.165) is 25.4 Å². The van der Waals surface area contributed by atoms with Gasteiger partial charge in [-0.3, -0.25) is 4.98 Å². The van der Waals surface area contributed by atoms with E-state index < -0.39 is 0 Å². The van der Waals surface area contributed by atoms with E-state index in [9.17, 15) is 0 Å². The number of aromatic nitrogens is 1. The summed E-state index contributed by atoms with van der Waals surface area (Å²) < 4.78 is 5.40. The quantitative estimate of drug-likeness (QED) is 0.698. The van der Waals surface area contributed by atoms with Crippen LogP contribution in [0.5, 0.6) is 0 Å². The predicted molar refractivity (Wildman–Crippen MR) is 57.0 cm³/mol. The smallest absolute Gasteiger partial charge is 0.0594 e. The molecule has 0 spiro atoms. The zero-order chi connectivity index (χ0) is 10.2. The van der Waals surface area contributed by atoms with Crippen molar-refractivity contribution in [3.63, 3.8) is 0 Å². The average molecular weight is 194 g/mol. The lowest BCUT2D eigenvalue weighted by atomic mass is 10.3. The maximum Gasteiger partial charge on any atom is 0.0594 e. The van der Waals surface area contributed by atoms with Crippen molar-refractivity contribution in [3.8, 4) is 0 Å². The van der Waals surface area contributed by atoms with Gasteiger partial charge in [-0.15, -0.1) is 0 Å². The van der Waals surface area contributed by atoms with Crippen LogP contribution in [0.3, 0.4) is 0 Å². The Morgan fingerprint density at radius 3 is 2.93 bits per heavy atom. The topological polar surface area (TPSA) is 34.1 Å². The lowest BCUT2D eigenvalue weighted by Crippen LogP contribution is -2.21. The van der Waals surface area contributed by atoms with Crippen molar-refractivity contribution in [2.75, 3.05) is 13.2 Å². The van der Waals surface area contributed by atoms with Crippen LogP contribution in [0.1, 0.15) is 19.5 Å². The number of nitrogens with zero attached hydrogens (tertiary/aromatic N) is 1. The first-order valence-corrected chi connectivity index (χ1v) is 5.01. The Morgan fingerprint density at radius 1 is 1.43 bits per heavy atom. The third-order valence-electron chi connectivity index (χ3n) is 1.76. The van der Waals surface area contributed by atoms with Gasteiger partial charge in [0.25, 0.3) is 0 Å². The fourth-order valence-corrected chi connectivity index (χ4v) is 1.09. The highest BCUT2D eigenvalue weighted by atomic mass is 16.5. The first kappa shape index (κ1) is 11.1. The lowest BCUT2D eigenvalue weighted by Gasteiger charge is -2.07. The van der Waals surface area contributed by atoms with E-state index in [-0.39, 0.29) is 0 Å². The normalized spacial score (nSPS) is 10.8. The zero-order valence-corrected chi connectivity index (χ0v) is 8.86. The molecule has 78 valence electrons. The molecule has 0 aliphatic rings. The van der Waals surface area contributed by atoms with Crippen LogP contribution in [-0.2, 0) is 11.3 Å². The summed E-state index contributed by atoms with van der Waals surface area (Å²) in [7, 11) is 0. The summed E-state index contributed by atoms with van der Waals surface area (Å²) in [5.41, 5.74) is 1.07. The van der Waals surface area contributed by atoms with E-state index in [1.54, 1.807) is 0 Å². The molecule has 1 aromatic rings. The molecule has 3 nitrogen and oxygen atoms in total. The van der Waals surface area contributed by atoms with Gasteiger partial charge in [-0.25, -0.2) is 0 Å². The standard InChI is InChI=1S/C11H18N2O/c1-10(2)14-8-7-12-9-11-5-3-4-6-13-11/h3-6,10,12H,7-9H2,1-2H3.